The number of thiocarbonyl (C=S) groups is 1. The van der Waals surface area contributed by atoms with Crippen LogP contribution in [-0.2, 0) is 0 Å². The number of amidine groups is 1. The van der Waals surface area contributed by atoms with Crippen LogP contribution in [0.5, 0.6) is 0 Å². The van der Waals surface area contributed by atoms with Crippen LogP contribution in [0.1, 0.15) is 19.4 Å². The second-order valence-electron chi connectivity index (χ2n) is 3.31. The number of hydrogen-bond acceptors (Lipinski definition) is 1. The molecule has 0 saturated heterocycles. The number of aliphatic imine (C=N–C) groups is 1. The zero-order chi connectivity index (χ0) is 12.0. The Hall–Kier alpha value is -1.42. The Bertz CT molecular complexity index is 369. The molecule has 16 heavy (non-hydrogen) atoms. The molecule has 0 aliphatic heterocycles. The topological polar surface area (TPSA) is 41.6 Å². The molecule has 1 aromatic carbocycles. The van der Waals surface area contributed by atoms with Crippen molar-refractivity contribution >= 4 is 23.2 Å². The zero-order valence-corrected chi connectivity index (χ0v) is 10.5. The largest absolute Gasteiger partial charge is 0.374 e. The summed E-state index contributed by atoms with van der Waals surface area (Å²) in [4.78, 5) is 6.37. The van der Waals surface area contributed by atoms with Gasteiger partial charge >= 0.3 is 0 Å². The summed E-state index contributed by atoms with van der Waals surface area (Å²) in [6, 6.07) is 9.96. The van der Waals surface area contributed by atoms with Crippen LogP contribution >= 0.6 is 12.2 Å². The van der Waals surface area contributed by atoms with Gasteiger partial charge in [0, 0.05) is 18.7 Å². The molecule has 0 aliphatic carbocycles. The van der Waals surface area contributed by atoms with E-state index in [9.17, 15) is 0 Å². The molecule has 0 bridgehead atoms. The van der Waals surface area contributed by atoms with Gasteiger partial charge in [0.05, 0.1) is 0 Å². The van der Waals surface area contributed by atoms with E-state index >= 15 is 0 Å². The van der Waals surface area contributed by atoms with Gasteiger partial charge in [-0.15, -0.1) is 0 Å². The van der Waals surface area contributed by atoms with Crippen molar-refractivity contribution in [3.63, 3.8) is 0 Å². The van der Waals surface area contributed by atoms with E-state index < -0.39 is 0 Å². The Kier molecular flexibility index (Phi) is 4.92. The molecule has 0 heterocycles. The quantitative estimate of drug-likeness (QED) is 0.495. The number of benzene rings is 1. The molecule has 0 amide bonds. The molecule has 0 fully saturated rings. The lowest BCUT2D eigenvalue weighted by Gasteiger charge is -2.23. The number of nitrogens with zero attached hydrogens (tertiary/aromatic N) is 2. The van der Waals surface area contributed by atoms with Crippen LogP contribution in [0.15, 0.2) is 35.3 Å². The van der Waals surface area contributed by atoms with Gasteiger partial charge in [0.2, 0.25) is 0 Å². The van der Waals surface area contributed by atoms with Gasteiger partial charge in [-0.1, -0.05) is 30.3 Å². The minimum atomic E-state index is 0.172. The molecule has 2 N–H and O–H groups in total. The second kappa shape index (κ2) is 6.23. The molecule has 0 spiro atoms. The Balaban J connectivity index is 3.11. The Morgan fingerprint density at radius 3 is 2.25 bits per heavy atom. The standard InChI is InChI=1S/C12H17N3S/c1-3-15(4-2)11(14-12(13)16)10-8-6-5-7-9-10/h5-9H,3-4H2,1-2H3,(H2,13,16). The van der Waals surface area contributed by atoms with Crippen LogP contribution in [0.2, 0.25) is 0 Å². The molecule has 1 rings (SSSR count). The minimum Gasteiger partial charge on any atom is -0.374 e. The average molecular weight is 235 g/mol. The minimum absolute atomic E-state index is 0.172. The maximum Gasteiger partial charge on any atom is 0.192 e. The zero-order valence-electron chi connectivity index (χ0n) is 9.68. The Morgan fingerprint density at radius 1 is 1.25 bits per heavy atom. The first-order chi connectivity index (χ1) is 7.69. The fourth-order valence-corrected chi connectivity index (χ4v) is 1.62. The summed E-state index contributed by atoms with van der Waals surface area (Å²) >= 11 is 4.85. The SMILES string of the molecule is CCN(CC)C(=NC(N)=S)c1ccccc1. The molecular weight excluding hydrogens is 218 g/mol. The van der Waals surface area contributed by atoms with Crippen molar-refractivity contribution in [3.8, 4) is 0 Å². The first-order valence-corrected chi connectivity index (χ1v) is 5.78. The molecule has 86 valence electrons. The van der Waals surface area contributed by atoms with Crippen molar-refractivity contribution in [3.05, 3.63) is 35.9 Å². The summed E-state index contributed by atoms with van der Waals surface area (Å²) in [5.74, 6) is 0.845. The maximum absolute atomic E-state index is 5.50. The maximum atomic E-state index is 5.50. The Morgan fingerprint density at radius 2 is 1.81 bits per heavy atom. The summed E-state index contributed by atoms with van der Waals surface area (Å²) in [6.07, 6.45) is 0. The van der Waals surface area contributed by atoms with Crippen LogP contribution < -0.4 is 5.73 Å². The molecule has 0 atom stereocenters. The van der Waals surface area contributed by atoms with Crippen LogP contribution in [0.4, 0.5) is 0 Å². The molecule has 4 heteroatoms. The highest BCUT2D eigenvalue weighted by atomic mass is 32.1. The highest BCUT2D eigenvalue weighted by molar-refractivity contribution is 7.80. The molecule has 0 unspecified atom stereocenters. The van der Waals surface area contributed by atoms with E-state index in [0.29, 0.717) is 0 Å². The van der Waals surface area contributed by atoms with Crippen LogP contribution in [0, 0.1) is 0 Å². The lowest BCUT2D eigenvalue weighted by molar-refractivity contribution is 0.467. The molecule has 1 aromatic rings. The molecule has 0 aliphatic rings. The lowest BCUT2D eigenvalue weighted by Crippen LogP contribution is -2.32. The predicted molar refractivity (Wildman–Crippen MR) is 72.7 cm³/mol. The summed E-state index contributed by atoms with van der Waals surface area (Å²) < 4.78 is 0. The normalized spacial score (nSPS) is 11.2. The summed E-state index contributed by atoms with van der Waals surface area (Å²) in [6.45, 7) is 5.93. The predicted octanol–water partition coefficient (Wildman–Crippen LogP) is 2.02. The highest BCUT2D eigenvalue weighted by Gasteiger charge is 2.10. The van der Waals surface area contributed by atoms with Gasteiger partial charge in [0.25, 0.3) is 0 Å². The monoisotopic (exact) mass is 235 g/mol. The van der Waals surface area contributed by atoms with Gasteiger partial charge in [-0.25, -0.2) is 4.99 Å². The van der Waals surface area contributed by atoms with Crippen molar-refractivity contribution in [1.29, 1.82) is 0 Å². The smallest absolute Gasteiger partial charge is 0.192 e. The molecule has 0 aromatic heterocycles. The molecule has 3 nitrogen and oxygen atoms in total. The Labute approximate surface area is 102 Å². The van der Waals surface area contributed by atoms with E-state index in [1.807, 2.05) is 30.3 Å². The van der Waals surface area contributed by atoms with Gasteiger partial charge in [0.1, 0.15) is 5.84 Å². The van der Waals surface area contributed by atoms with E-state index in [0.717, 1.165) is 24.5 Å². The highest BCUT2D eigenvalue weighted by Crippen LogP contribution is 2.06. The van der Waals surface area contributed by atoms with E-state index in [4.69, 9.17) is 18.0 Å². The fourth-order valence-electron chi connectivity index (χ4n) is 1.53. The van der Waals surface area contributed by atoms with E-state index in [-0.39, 0.29) is 5.11 Å². The third-order valence-electron chi connectivity index (χ3n) is 2.31. The van der Waals surface area contributed by atoms with E-state index in [1.54, 1.807) is 0 Å². The fraction of sp³-hybridized carbons (Fsp3) is 0.333. The van der Waals surface area contributed by atoms with Gasteiger partial charge in [-0.3, -0.25) is 0 Å². The van der Waals surface area contributed by atoms with E-state index in [1.165, 1.54) is 0 Å². The van der Waals surface area contributed by atoms with Crippen molar-refractivity contribution < 1.29 is 0 Å². The first-order valence-electron chi connectivity index (χ1n) is 5.37. The summed E-state index contributed by atoms with van der Waals surface area (Å²) in [5, 5.41) is 0.172. The molecular formula is C12H17N3S. The third-order valence-corrected chi connectivity index (χ3v) is 2.40. The van der Waals surface area contributed by atoms with Gasteiger partial charge in [-0.05, 0) is 26.1 Å². The van der Waals surface area contributed by atoms with Gasteiger partial charge in [-0.2, -0.15) is 0 Å². The summed E-state index contributed by atoms with van der Waals surface area (Å²) in [7, 11) is 0. The van der Waals surface area contributed by atoms with Crippen molar-refractivity contribution in [2.75, 3.05) is 13.1 Å². The molecule has 0 radical (unpaired) electrons. The van der Waals surface area contributed by atoms with Gasteiger partial charge < -0.3 is 10.6 Å². The van der Waals surface area contributed by atoms with Crippen molar-refractivity contribution in [2.45, 2.75) is 13.8 Å². The van der Waals surface area contributed by atoms with Crippen molar-refractivity contribution in [1.82, 2.24) is 4.90 Å². The number of hydrogen-bond donors (Lipinski definition) is 1. The van der Waals surface area contributed by atoms with Gasteiger partial charge in [0.15, 0.2) is 5.11 Å². The van der Waals surface area contributed by atoms with Crippen molar-refractivity contribution in [2.24, 2.45) is 10.7 Å². The van der Waals surface area contributed by atoms with Crippen LogP contribution in [0.3, 0.4) is 0 Å². The summed E-state index contributed by atoms with van der Waals surface area (Å²) in [5.41, 5.74) is 6.54. The van der Waals surface area contributed by atoms with Crippen LogP contribution in [0.25, 0.3) is 0 Å². The average Bonchev–Trinajstić information content (AvgIpc) is 2.30. The lowest BCUT2D eigenvalue weighted by atomic mass is 10.2. The molecule has 0 saturated carbocycles. The number of rotatable bonds is 3. The van der Waals surface area contributed by atoms with Crippen LogP contribution in [-0.4, -0.2) is 28.9 Å². The first kappa shape index (κ1) is 12.6. The van der Waals surface area contributed by atoms with E-state index in [2.05, 4.69) is 23.7 Å². The third kappa shape index (κ3) is 3.31. The number of nitrogens with two attached hydrogens (primary N) is 1. The second-order valence-corrected chi connectivity index (χ2v) is 3.73.